The summed E-state index contributed by atoms with van der Waals surface area (Å²) < 4.78 is 5.19. The molecule has 0 aromatic heterocycles. The monoisotopic (exact) mass is 227 g/mol. The number of carbonyl (C=O) groups is 1. The van der Waals surface area contributed by atoms with Crippen molar-refractivity contribution < 1.29 is 9.53 Å². The van der Waals surface area contributed by atoms with Gasteiger partial charge in [0.25, 0.3) is 0 Å². The number of carbonyl (C=O) groups excluding carboxylic acids is 1. The van der Waals surface area contributed by atoms with Gasteiger partial charge in [-0.25, -0.2) is 0 Å². The lowest BCUT2D eigenvalue weighted by molar-refractivity contribution is -0.150. The van der Waals surface area contributed by atoms with Gasteiger partial charge >= 0.3 is 5.97 Å². The standard InChI is InChI=1S/C13H25NO2/c1-3-8-16-13(15)12-6-4-11(5-7-12)10(2)9-14/h10-12H,3-9,14H2,1-2H3. The number of hydrogen-bond donors (Lipinski definition) is 1. The summed E-state index contributed by atoms with van der Waals surface area (Å²) in [6.45, 7) is 5.56. The van der Waals surface area contributed by atoms with Crippen LogP contribution in [-0.4, -0.2) is 19.1 Å². The highest BCUT2D eigenvalue weighted by molar-refractivity contribution is 5.72. The molecule has 1 atom stereocenters. The van der Waals surface area contributed by atoms with E-state index in [4.69, 9.17) is 10.5 Å². The van der Waals surface area contributed by atoms with E-state index in [0.717, 1.165) is 38.6 Å². The second kappa shape index (κ2) is 6.89. The van der Waals surface area contributed by atoms with Crippen LogP contribution in [0.3, 0.4) is 0 Å². The maximum Gasteiger partial charge on any atom is 0.308 e. The first kappa shape index (κ1) is 13.5. The van der Waals surface area contributed by atoms with Gasteiger partial charge in [0.15, 0.2) is 0 Å². The summed E-state index contributed by atoms with van der Waals surface area (Å²) in [5, 5.41) is 0. The average molecular weight is 227 g/mol. The summed E-state index contributed by atoms with van der Waals surface area (Å²) in [6.07, 6.45) is 5.13. The lowest BCUT2D eigenvalue weighted by Crippen LogP contribution is -2.29. The molecule has 0 aromatic rings. The lowest BCUT2D eigenvalue weighted by atomic mass is 9.76. The molecule has 0 radical (unpaired) electrons. The predicted molar refractivity (Wildman–Crippen MR) is 64.9 cm³/mol. The molecule has 1 saturated carbocycles. The van der Waals surface area contributed by atoms with E-state index in [2.05, 4.69) is 6.92 Å². The van der Waals surface area contributed by atoms with Crippen molar-refractivity contribution >= 4 is 5.97 Å². The van der Waals surface area contributed by atoms with Crippen LogP contribution in [-0.2, 0) is 9.53 Å². The minimum atomic E-state index is 0.0145. The molecule has 0 heterocycles. The summed E-state index contributed by atoms with van der Waals surface area (Å²) in [5.74, 6) is 1.46. The molecule has 1 aliphatic rings. The van der Waals surface area contributed by atoms with E-state index in [9.17, 15) is 4.79 Å². The van der Waals surface area contributed by atoms with Gasteiger partial charge in [0.1, 0.15) is 0 Å². The van der Waals surface area contributed by atoms with Gasteiger partial charge in [-0.15, -0.1) is 0 Å². The van der Waals surface area contributed by atoms with Crippen molar-refractivity contribution in [1.82, 2.24) is 0 Å². The first-order valence-electron chi connectivity index (χ1n) is 6.55. The van der Waals surface area contributed by atoms with E-state index < -0.39 is 0 Å². The van der Waals surface area contributed by atoms with Gasteiger partial charge < -0.3 is 10.5 Å². The average Bonchev–Trinajstić information content (AvgIpc) is 2.35. The van der Waals surface area contributed by atoms with E-state index in [1.54, 1.807) is 0 Å². The van der Waals surface area contributed by atoms with Crippen LogP contribution in [0.5, 0.6) is 0 Å². The Kier molecular flexibility index (Phi) is 5.81. The molecule has 1 aliphatic carbocycles. The van der Waals surface area contributed by atoms with Crippen LogP contribution in [0.4, 0.5) is 0 Å². The Morgan fingerprint density at radius 2 is 2.00 bits per heavy atom. The van der Waals surface area contributed by atoms with Crippen LogP contribution in [0.15, 0.2) is 0 Å². The van der Waals surface area contributed by atoms with Gasteiger partial charge in [-0.2, -0.15) is 0 Å². The summed E-state index contributed by atoms with van der Waals surface area (Å²) >= 11 is 0. The SMILES string of the molecule is CCCOC(=O)C1CCC(C(C)CN)CC1. The van der Waals surface area contributed by atoms with Crippen molar-refractivity contribution in [2.24, 2.45) is 23.5 Å². The Labute approximate surface area is 98.7 Å². The molecule has 1 unspecified atom stereocenters. The van der Waals surface area contributed by atoms with Crippen LogP contribution < -0.4 is 5.73 Å². The van der Waals surface area contributed by atoms with E-state index in [-0.39, 0.29) is 11.9 Å². The Morgan fingerprint density at radius 1 is 1.38 bits per heavy atom. The summed E-state index contributed by atoms with van der Waals surface area (Å²) in [6, 6.07) is 0. The first-order chi connectivity index (χ1) is 7.69. The highest BCUT2D eigenvalue weighted by Crippen LogP contribution is 2.33. The lowest BCUT2D eigenvalue weighted by Gasteiger charge is -2.30. The third-order valence-electron chi connectivity index (χ3n) is 3.73. The number of nitrogens with two attached hydrogens (primary N) is 1. The fraction of sp³-hybridized carbons (Fsp3) is 0.923. The number of ether oxygens (including phenoxy) is 1. The van der Waals surface area contributed by atoms with Gasteiger partial charge in [0.05, 0.1) is 12.5 Å². The Balaban J connectivity index is 2.28. The first-order valence-corrected chi connectivity index (χ1v) is 6.55. The van der Waals surface area contributed by atoms with Gasteiger partial charge in [-0.1, -0.05) is 13.8 Å². The fourth-order valence-electron chi connectivity index (χ4n) is 2.44. The number of hydrogen-bond acceptors (Lipinski definition) is 3. The molecule has 0 spiro atoms. The van der Waals surface area contributed by atoms with Gasteiger partial charge in [-0.3, -0.25) is 4.79 Å². The largest absolute Gasteiger partial charge is 0.465 e. The second-order valence-corrected chi connectivity index (χ2v) is 4.99. The molecular weight excluding hydrogens is 202 g/mol. The second-order valence-electron chi connectivity index (χ2n) is 4.99. The van der Waals surface area contributed by atoms with Crippen molar-refractivity contribution in [3.05, 3.63) is 0 Å². The Hall–Kier alpha value is -0.570. The van der Waals surface area contributed by atoms with Gasteiger partial charge in [-0.05, 0) is 50.5 Å². The zero-order chi connectivity index (χ0) is 12.0. The molecule has 3 nitrogen and oxygen atoms in total. The molecule has 0 bridgehead atoms. The molecule has 3 heteroatoms. The third-order valence-corrected chi connectivity index (χ3v) is 3.73. The van der Waals surface area contributed by atoms with E-state index >= 15 is 0 Å². The van der Waals surface area contributed by atoms with Crippen molar-refractivity contribution in [3.8, 4) is 0 Å². The van der Waals surface area contributed by atoms with Crippen LogP contribution >= 0.6 is 0 Å². The summed E-state index contributed by atoms with van der Waals surface area (Å²) in [5.41, 5.74) is 5.67. The highest BCUT2D eigenvalue weighted by atomic mass is 16.5. The summed E-state index contributed by atoms with van der Waals surface area (Å²) in [4.78, 5) is 11.7. The maximum absolute atomic E-state index is 11.7. The minimum absolute atomic E-state index is 0.0145. The number of esters is 1. The highest BCUT2D eigenvalue weighted by Gasteiger charge is 2.29. The Bertz CT molecular complexity index is 210. The normalized spacial score (nSPS) is 27.4. The molecule has 0 aliphatic heterocycles. The van der Waals surface area contributed by atoms with E-state index in [0.29, 0.717) is 18.4 Å². The van der Waals surface area contributed by atoms with Crippen molar-refractivity contribution in [2.45, 2.75) is 46.0 Å². The molecule has 94 valence electrons. The van der Waals surface area contributed by atoms with Gasteiger partial charge in [0.2, 0.25) is 0 Å². The fourth-order valence-corrected chi connectivity index (χ4v) is 2.44. The zero-order valence-corrected chi connectivity index (χ0v) is 10.6. The quantitative estimate of drug-likeness (QED) is 0.733. The molecule has 2 N–H and O–H groups in total. The summed E-state index contributed by atoms with van der Waals surface area (Å²) in [7, 11) is 0. The zero-order valence-electron chi connectivity index (χ0n) is 10.6. The maximum atomic E-state index is 11.7. The minimum Gasteiger partial charge on any atom is -0.465 e. The third kappa shape index (κ3) is 3.78. The smallest absolute Gasteiger partial charge is 0.308 e. The topological polar surface area (TPSA) is 52.3 Å². The molecule has 0 amide bonds. The van der Waals surface area contributed by atoms with Crippen LogP contribution in [0, 0.1) is 17.8 Å². The van der Waals surface area contributed by atoms with Crippen LogP contribution in [0.25, 0.3) is 0 Å². The van der Waals surface area contributed by atoms with E-state index in [1.165, 1.54) is 0 Å². The number of rotatable bonds is 5. The van der Waals surface area contributed by atoms with Crippen molar-refractivity contribution in [1.29, 1.82) is 0 Å². The molecule has 0 aromatic carbocycles. The van der Waals surface area contributed by atoms with Crippen molar-refractivity contribution in [2.75, 3.05) is 13.2 Å². The molecular formula is C13H25NO2. The molecule has 1 rings (SSSR count). The molecule has 1 fully saturated rings. The van der Waals surface area contributed by atoms with Crippen LogP contribution in [0.2, 0.25) is 0 Å². The Morgan fingerprint density at radius 3 is 2.50 bits per heavy atom. The molecule has 16 heavy (non-hydrogen) atoms. The molecule has 0 saturated heterocycles. The van der Waals surface area contributed by atoms with Crippen molar-refractivity contribution in [3.63, 3.8) is 0 Å². The van der Waals surface area contributed by atoms with E-state index in [1.807, 2.05) is 6.92 Å². The van der Waals surface area contributed by atoms with Crippen LogP contribution in [0.1, 0.15) is 46.0 Å². The van der Waals surface area contributed by atoms with Gasteiger partial charge in [0, 0.05) is 0 Å². The predicted octanol–water partition coefficient (Wildman–Crippen LogP) is 2.34.